The van der Waals surface area contributed by atoms with Crippen molar-refractivity contribution in [3.63, 3.8) is 0 Å². The van der Waals surface area contributed by atoms with E-state index in [0.717, 1.165) is 18.8 Å². The lowest BCUT2D eigenvalue weighted by molar-refractivity contribution is 0.203. The lowest BCUT2D eigenvalue weighted by atomic mass is 10.1. The third kappa shape index (κ3) is 2.04. The van der Waals surface area contributed by atoms with Crippen molar-refractivity contribution in [1.29, 1.82) is 0 Å². The van der Waals surface area contributed by atoms with Gasteiger partial charge in [0.05, 0.1) is 0 Å². The molecule has 2 saturated heterocycles. The molecule has 0 aromatic heterocycles. The van der Waals surface area contributed by atoms with Crippen molar-refractivity contribution in [2.24, 2.45) is 0 Å². The zero-order valence-electron chi connectivity index (χ0n) is 10.3. The van der Waals surface area contributed by atoms with E-state index in [2.05, 4.69) is 16.7 Å². The summed E-state index contributed by atoms with van der Waals surface area (Å²) in [5.41, 5.74) is 1.03. The van der Waals surface area contributed by atoms with Gasteiger partial charge in [0.15, 0.2) is 0 Å². The summed E-state index contributed by atoms with van der Waals surface area (Å²) in [7, 11) is 0. The average Bonchev–Trinajstić information content (AvgIpc) is 2.75. The van der Waals surface area contributed by atoms with Gasteiger partial charge in [-0.05, 0) is 44.5 Å². The zero-order chi connectivity index (χ0) is 11.8. The van der Waals surface area contributed by atoms with Gasteiger partial charge in [-0.15, -0.1) is 0 Å². The van der Waals surface area contributed by atoms with E-state index in [1.165, 1.54) is 25.5 Å². The van der Waals surface area contributed by atoms with E-state index >= 15 is 0 Å². The summed E-state index contributed by atoms with van der Waals surface area (Å²) in [6, 6.07) is 8.14. The summed E-state index contributed by atoms with van der Waals surface area (Å²) in [5.74, 6) is -0.136. The van der Waals surface area contributed by atoms with E-state index in [4.69, 9.17) is 0 Å². The summed E-state index contributed by atoms with van der Waals surface area (Å²) in [4.78, 5) is 4.94. The number of piperazine rings is 1. The predicted octanol–water partition coefficient (Wildman–Crippen LogP) is 2.50. The Bertz CT molecular complexity index is 407. The van der Waals surface area contributed by atoms with Crippen molar-refractivity contribution < 1.29 is 4.39 Å². The molecule has 2 atom stereocenters. The fourth-order valence-corrected chi connectivity index (χ4v) is 3.20. The van der Waals surface area contributed by atoms with Gasteiger partial charge in [0.2, 0.25) is 0 Å². The minimum absolute atomic E-state index is 0.136. The van der Waals surface area contributed by atoms with Gasteiger partial charge in [-0.2, -0.15) is 0 Å². The molecule has 0 saturated carbocycles. The van der Waals surface area contributed by atoms with Crippen LogP contribution in [0, 0.1) is 5.82 Å². The second-order valence-corrected chi connectivity index (χ2v) is 5.27. The third-order valence-electron chi connectivity index (χ3n) is 4.08. The Kier molecular flexibility index (Phi) is 2.79. The molecule has 2 aliphatic heterocycles. The molecule has 1 aromatic rings. The van der Waals surface area contributed by atoms with Gasteiger partial charge < -0.3 is 4.90 Å². The summed E-state index contributed by atoms with van der Waals surface area (Å²) < 4.78 is 13.3. The number of fused-ring (bicyclic) bond motifs is 1. The standard InChI is InChI=1S/C14H19FN2/c1-11-9-16-7-3-6-14(16)10-17(11)13-5-2-4-12(15)8-13/h2,4-5,8,11,14H,3,6-7,9-10H2,1H3. The van der Waals surface area contributed by atoms with Gasteiger partial charge in [0, 0.05) is 30.9 Å². The highest BCUT2D eigenvalue weighted by molar-refractivity contribution is 5.48. The SMILES string of the molecule is CC1CN2CCCC2CN1c1cccc(F)c1. The Hall–Kier alpha value is -1.09. The van der Waals surface area contributed by atoms with Crippen molar-refractivity contribution >= 4 is 5.69 Å². The molecule has 2 nitrogen and oxygen atoms in total. The van der Waals surface area contributed by atoms with Crippen LogP contribution in [0.5, 0.6) is 0 Å². The summed E-state index contributed by atoms with van der Waals surface area (Å²) in [6.07, 6.45) is 2.60. The number of rotatable bonds is 1. The molecule has 0 bridgehead atoms. The van der Waals surface area contributed by atoms with Crippen molar-refractivity contribution in [3.8, 4) is 0 Å². The number of hydrogen-bond acceptors (Lipinski definition) is 2. The van der Waals surface area contributed by atoms with E-state index in [0.29, 0.717) is 12.1 Å². The molecule has 3 heteroatoms. The minimum atomic E-state index is -0.136. The number of halogens is 1. The van der Waals surface area contributed by atoms with Crippen LogP contribution in [0.2, 0.25) is 0 Å². The molecule has 3 rings (SSSR count). The fraction of sp³-hybridized carbons (Fsp3) is 0.571. The summed E-state index contributed by atoms with van der Waals surface area (Å²) >= 11 is 0. The molecule has 2 fully saturated rings. The first-order valence-corrected chi connectivity index (χ1v) is 6.50. The molecule has 0 aliphatic carbocycles. The monoisotopic (exact) mass is 234 g/mol. The maximum absolute atomic E-state index is 13.3. The van der Waals surface area contributed by atoms with Gasteiger partial charge in [0.1, 0.15) is 5.82 Å². The van der Waals surface area contributed by atoms with Crippen molar-refractivity contribution in [3.05, 3.63) is 30.1 Å². The van der Waals surface area contributed by atoms with Crippen LogP contribution in [0.15, 0.2) is 24.3 Å². The van der Waals surface area contributed by atoms with Gasteiger partial charge in [-0.25, -0.2) is 4.39 Å². The maximum atomic E-state index is 13.3. The third-order valence-corrected chi connectivity index (χ3v) is 4.08. The molecular weight excluding hydrogens is 215 g/mol. The second kappa shape index (κ2) is 4.30. The second-order valence-electron chi connectivity index (χ2n) is 5.27. The number of hydrogen-bond donors (Lipinski definition) is 0. The fourth-order valence-electron chi connectivity index (χ4n) is 3.20. The van der Waals surface area contributed by atoms with Gasteiger partial charge in [0.25, 0.3) is 0 Å². The van der Waals surface area contributed by atoms with E-state index in [9.17, 15) is 4.39 Å². The first kappa shape index (κ1) is 11.0. The van der Waals surface area contributed by atoms with Crippen LogP contribution < -0.4 is 4.90 Å². The lowest BCUT2D eigenvalue weighted by Gasteiger charge is -2.43. The summed E-state index contributed by atoms with van der Waals surface area (Å²) in [5, 5.41) is 0. The molecule has 1 aromatic carbocycles. The Morgan fingerprint density at radius 1 is 1.29 bits per heavy atom. The Balaban J connectivity index is 1.83. The highest BCUT2D eigenvalue weighted by atomic mass is 19.1. The van der Waals surface area contributed by atoms with E-state index in [1.807, 2.05) is 6.07 Å². The van der Waals surface area contributed by atoms with Crippen LogP contribution in [-0.4, -0.2) is 36.6 Å². The van der Waals surface area contributed by atoms with E-state index in [1.54, 1.807) is 12.1 Å². The average molecular weight is 234 g/mol. The van der Waals surface area contributed by atoms with Crippen LogP contribution >= 0.6 is 0 Å². The van der Waals surface area contributed by atoms with Crippen LogP contribution in [-0.2, 0) is 0 Å². The first-order valence-electron chi connectivity index (χ1n) is 6.50. The lowest BCUT2D eigenvalue weighted by Crippen LogP contribution is -2.55. The maximum Gasteiger partial charge on any atom is 0.125 e. The zero-order valence-corrected chi connectivity index (χ0v) is 10.3. The largest absolute Gasteiger partial charge is 0.366 e. The van der Waals surface area contributed by atoms with Crippen molar-refractivity contribution in [2.45, 2.75) is 31.8 Å². The molecular formula is C14H19FN2. The molecule has 0 N–H and O–H groups in total. The predicted molar refractivity (Wildman–Crippen MR) is 67.8 cm³/mol. The Morgan fingerprint density at radius 3 is 3.00 bits per heavy atom. The quantitative estimate of drug-likeness (QED) is 0.736. The smallest absolute Gasteiger partial charge is 0.125 e. The Morgan fingerprint density at radius 2 is 2.18 bits per heavy atom. The van der Waals surface area contributed by atoms with Crippen LogP contribution in [0.25, 0.3) is 0 Å². The van der Waals surface area contributed by atoms with Gasteiger partial charge >= 0.3 is 0 Å². The molecule has 2 unspecified atom stereocenters. The molecule has 0 radical (unpaired) electrons. The molecule has 17 heavy (non-hydrogen) atoms. The normalized spacial score (nSPS) is 29.4. The highest BCUT2D eigenvalue weighted by Gasteiger charge is 2.34. The highest BCUT2D eigenvalue weighted by Crippen LogP contribution is 2.28. The number of nitrogens with zero attached hydrogens (tertiary/aromatic N) is 2. The van der Waals surface area contributed by atoms with Crippen LogP contribution in [0.4, 0.5) is 10.1 Å². The minimum Gasteiger partial charge on any atom is -0.366 e. The molecule has 92 valence electrons. The topological polar surface area (TPSA) is 6.48 Å². The van der Waals surface area contributed by atoms with Crippen LogP contribution in [0.3, 0.4) is 0 Å². The van der Waals surface area contributed by atoms with Gasteiger partial charge in [-0.3, -0.25) is 4.90 Å². The first-order chi connectivity index (χ1) is 8.24. The molecule has 2 aliphatic rings. The van der Waals surface area contributed by atoms with Crippen molar-refractivity contribution in [2.75, 3.05) is 24.5 Å². The van der Waals surface area contributed by atoms with E-state index < -0.39 is 0 Å². The Labute approximate surface area is 102 Å². The number of anilines is 1. The molecule has 0 spiro atoms. The van der Waals surface area contributed by atoms with Gasteiger partial charge in [-0.1, -0.05) is 6.07 Å². The summed E-state index contributed by atoms with van der Waals surface area (Å²) in [6.45, 7) is 5.64. The molecule has 0 amide bonds. The van der Waals surface area contributed by atoms with Crippen LogP contribution in [0.1, 0.15) is 19.8 Å². The van der Waals surface area contributed by atoms with E-state index in [-0.39, 0.29) is 5.82 Å². The number of benzene rings is 1. The molecule has 2 heterocycles. The van der Waals surface area contributed by atoms with Crippen molar-refractivity contribution in [1.82, 2.24) is 4.90 Å².